The smallest absolute Gasteiger partial charge is 0.266 e. The second-order valence-corrected chi connectivity index (χ2v) is 12.0. The molecule has 0 atom stereocenters. The molecule has 208 valence electrons. The van der Waals surface area contributed by atoms with Gasteiger partial charge in [-0.15, -0.1) is 11.3 Å². The monoisotopic (exact) mass is 602 g/mol. The predicted molar refractivity (Wildman–Crippen MR) is 168 cm³/mol. The Morgan fingerprint density at radius 1 is 0.951 bits per heavy atom. The van der Waals surface area contributed by atoms with Gasteiger partial charge in [0.25, 0.3) is 11.8 Å². The van der Waals surface area contributed by atoms with Crippen LogP contribution in [0, 0.1) is 32.1 Å². The molecule has 0 saturated heterocycles. The van der Waals surface area contributed by atoms with Crippen LogP contribution in [0.15, 0.2) is 54.1 Å². The summed E-state index contributed by atoms with van der Waals surface area (Å²) >= 11 is 13.7. The second kappa shape index (κ2) is 12.0. The van der Waals surface area contributed by atoms with E-state index in [4.69, 9.17) is 23.2 Å². The highest BCUT2D eigenvalue weighted by Gasteiger charge is 2.28. The summed E-state index contributed by atoms with van der Waals surface area (Å²) < 4.78 is 2.06. The van der Waals surface area contributed by atoms with Gasteiger partial charge in [-0.05, 0) is 100 Å². The molecule has 2 aromatic heterocycles. The Balaban J connectivity index is 1.51. The van der Waals surface area contributed by atoms with E-state index in [0.29, 0.717) is 21.3 Å². The van der Waals surface area contributed by atoms with E-state index in [9.17, 15) is 14.9 Å². The Kier molecular flexibility index (Phi) is 8.37. The summed E-state index contributed by atoms with van der Waals surface area (Å²) in [6, 6.07) is 16.4. The van der Waals surface area contributed by atoms with E-state index < -0.39 is 5.91 Å². The number of halogens is 2. The third-order valence-electron chi connectivity index (χ3n) is 7.20. The number of thiophene rings is 1. The first-order valence-electron chi connectivity index (χ1n) is 13.3. The number of benzene rings is 2. The van der Waals surface area contributed by atoms with Crippen molar-refractivity contribution in [2.75, 3.05) is 10.6 Å². The van der Waals surface area contributed by atoms with Crippen molar-refractivity contribution in [3.63, 3.8) is 0 Å². The van der Waals surface area contributed by atoms with E-state index >= 15 is 0 Å². The van der Waals surface area contributed by atoms with E-state index in [-0.39, 0.29) is 11.5 Å². The average molecular weight is 604 g/mol. The van der Waals surface area contributed by atoms with Crippen LogP contribution < -0.4 is 10.6 Å². The minimum Gasteiger partial charge on any atom is -0.322 e. The summed E-state index contributed by atoms with van der Waals surface area (Å²) in [7, 11) is 0. The molecule has 0 fully saturated rings. The van der Waals surface area contributed by atoms with Gasteiger partial charge in [0.15, 0.2) is 0 Å². The maximum atomic E-state index is 13.7. The molecule has 41 heavy (non-hydrogen) atoms. The first-order chi connectivity index (χ1) is 19.7. The maximum Gasteiger partial charge on any atom is 0.266 e. The Morgan fingerprint density at radius 3 is 2.37 bits per heavy atom. The van der Waals surface area contributed by atoms with E-state index in [1.54, 1.807) is 29.5 Å². The molecule has 6 nitrogen and oxygen atoms in total. The lowest BCUT2D eigenvalue weighted by Gasteiger charge is -2.14. The van der Waals surface area contributed by atoms with Gasteiger partial charge in [-0.3, -0.25) is 9.59 Å². The Morgan fingerprint density at radius 2 is 1.66 bits per heavy atom. The fraction of sp³-hybridized carbons (Fsp3) is 0.219. The SMILES string of the molecule is Cc1ccc(NC(=O)c2c(-n3c(C)cc(/C=C(/C#N)C(=O)Nc4ccc(Cl)c(Cl)c4)c3C)sc3c2CCCC3)cc1. The Labute approximate surface area is 253 Å². The molecule has 0 radical (unpaired) electrons. The van der Waals surface area contributed by atoms with Crippen molar-refractivity contribution in [1.29, 1.82) is 5.26 Å². The summed E-state index contributed by atoms with van der Waals surface area (Å²) in [6.45, 7) is 5.91. The number of hydrogen-bond acceptors (Lipinski definition) is 4. The van der Waals surface area contributed by atoms with E-state index in [1.807, 2.05) is 57.2 Å². The molecule has 2 heterocycles. The molecule has 1 aliphatic carbocycles. The van der Waals surface area contributed by atoms with Crippen LogP contribution in [-0.4, -0.2) is 16.4 Å². The first kappa shape index (κ1) is 28.7. The van der Waals surface area contributed by atoms with Crippen molar-refractivity contribution in [3.05, 3.63) is 103 Å². The molecule has 1 aliphatic rings. The van der Waals surface area contributed by atoms with Gasteiger partial charge >= 0.3 is 0 Å². The fourth-order valence-corrected chi connectivity index (χ4v) is 6.89. The van der Waals surface area contributed by atoms with Crippen molar-refractivity contribution in [2.45, 2.75) is 46.5 Å². The van der Waals surface area contributed by atoms with Crippen LogP contribution in [0.3, 0.4) is 0 Å². The van der Waals surface area contributed by atoms with Gasteiger partial charge in [0, 0.05) is 27.6 Å². The highest BCUT2D eigenvalue weighted by Crippen LogP contribution is 2.39. The van der Waals surface area contributed by atoms with Crippen molar-refractivity contribution >= 4 is 63.8 Å². The van der Waals surface area contributed by atoms with Crippen LogP contribution >= 0.6 is 34.5 Å². The van der Waals surface area contributed by atoms with Crippen LogP contribution in [0.5, 0.6) is 0 Å². The number of fused-ring (bicyclic) bond motifs is 1. The van der Waals surface area contributed by atoms with E-state index in [1.165, 1.54) is 10.9 Å². The number of nitrogens with zero attached hydrogens (tertiary/aromatic N) is 2. The van der Waals surface area contributed by atoms with E-state index in [0.717, 1.165) is 64.4 Å². The third-order valence-corrected chi connectivity index (χ3v) is 9.22. The third kappa shape index (κ3) is 5.96. The number of aryl methyl sites for hydroxylation is 3. The molecule has 0 saturated carbocycles. The lowest BCUT2D eigenvalue weighted by Crippen LogP contribution is -2.17. The molecule has 0 unspecified atom stereocenters. The van der Waals surface area contributed by atoms with E-state index in [2.05, 4.69) is 15.2 Å². The van der Waals surface area contributed by atoms with Gasteiger partial charge < -0.3 is 15.2 Å². The van der Waals surface area contributed by atoms with Crippen LogP contribution in [0.1, 0.15) is 56.2 Å². The lowest BCUT2D eigenvalue weighted by molar-refractivity contribution is -0.112. The summed E-state index contributed by atoms with van der Waals surface area (Å²) in [5, 5.41) is 17.1. The van der Waals surface area contributed by atoms with Crippen LogP contribution in [-0.2, 0) is 17.6 Å². The number of rotatable bonds is 6. The second-order valence-electron chi connectivity index (χ2n) is 10.1. The average Bonchev–Trinajstić information content (AvgIpc) is 3.46. The summed E-state index contributed by atoms with van der Waals surface area (Å²) in [5.74, 6) is -0.688. The molecular formula is C32H28Cl2N4O2S. The zero-order valence-corrected chi connectivity index (χ0v) is 25.2. The number of anilines is 2. The fourth-order valence-electron chi connectivity index (χ4n) is 5.10. The van der Waals surface area contributed by atoms with Crippen LogP contribution in [0.25, 0.3) is 11.1 Å². The van der Waals surface area contributed by atoms with Crippen LogP contribution in [0.2, 0.25) is 10.0 Å². The topological polar surface area (TPSA) is 86.9 Å². The van der Waals surface area contributed by atoms with Crippen molar-refractivity contribution < 1.29 is 9.59 Å². The van der Waals surface area contributed by atoms with Gasteiger partial charge in [-0.25, -0.2) is 0 Å². The van der Waals surface area contributed by atoms with Crippen molar-refractivity contribution in [3.8, 4) is 11.1 Å². The standard InChI is InChI=1S/C32H28Cl2N4O2S/c1-18-8-10-23(11-9-18)36-31(40)29-25-6-4-5-7-28(25)41-32(29)38-19(2)14-21(20(38)3)15-22(17-35)30(39)37-24-12-13-26(33)27(34)16-24/h8-16H,4-7H2,1-3H3,(H,36,40)(H,37,39)/b22-15-. The van der Waals surface area contributed by atoms with Gasteiger partial charge in [0.05, 0.1) is 15.6 Å². The zero-order chi connectivity index (χ0) is 29.3. The maximum absolute atomic E-state index is 13.7. The number of nitriles is 1. The molecular weight excluding hydrogens is 575 g/mol. The number of aromatic nitrogens is 1. The highest BCUT2D eigenvalue weighted by molar-refractivity contribution is 7.15. The zero-order valence-electron chi connectivity index (χ0n) is 22.9. The number of amides is 2. The molecule has 4 aromatic rings. The van der Waals surface area contributed by atoms with Gasteiger partial charge in [-0.1, -0.05) is 40.9 Å². The summed E-state index contributed by atoms with van der Waals surface area (Å²) in [6.07, 6.45) is 5.53. The minimum absolute atomic E-state index is 0.0564. The number of carbonyl (C=O) groups excluding carboxylic acids is 2. The van der Waals surface area contributed by atoms with Crippen LogP contribution in [0.4, 0.5) is 11.4 Å². The molecule has 5 rings (SSSR count). The molecule has 0 aliphatic heterocycles. The lowest BCUT2D eigenvalue weighted by atomic mass is 9.95. The Bertz CT molecular complexity index is 1740. The number of hydrogen-bond donors (Lipinski definition) is 2. The molecule has 2 amide bonds. The van der Waals surface area contributed by atoms with Gasteiger partial charge in [0.2, 0.25) is 0 Å². The number of carbonyl (C=O) groups is 2. The highest BCUT2D eigenvalue weighted by atomic mass is 35.5. The van der Waals surface area contributed by atoms with Gasteiger partial charge in [0.1, 0.15) is 16.6 Å². The predicted octanol–water partition coefficient (Wildman–Crippen LogP) is 8.45. The molecule has 9 heteroatoms. The minimum atomic E-state index is -0.555. The van der Waals surface area contributed by atoms with Crippen molar-refractivity contribution in [1.82, 2.24) is 4.57 Å². The molecule has 2 N–H and O–H groups in total. The Hall–Kier alpha value is -3.83. The normalized spacial score (nSPS) is 12.9. The molecule has 0 bridgehead atoms. The largest absolute Gasteiger partial charge is 0.322 e. The summed E-state index contributed by atoms with van der Waals surface area (Å²) in [4.78, 5) is 27.9. The first-order valence-corrected chi connectivity index (χ1v) is 14.8. The number of nitrogens with one attached hydrogen (secondary N) is 2. The van der Waals surface area contributed by atoms with Gasteiger partial charge in [-0.2, -0.15) is 5.26 Å². The summed E-state index contributed by atoms with van der Waals surface area (Å²) in [5.41, 5.74) is 6.52. The molecule has 0 spiro atoms. The van der Waals surface area contributed by atoms with Crippen molar-refractivity contribution in [2.24, 2.45) is 0 Å². The molecule has 2 aromatic carbocycles. The quantitative estimate of drug-likeness (QED) is 0.171.